The fourth-order valence-corrected chi connectivity index (χ4v) is 3.10. The van der Waals surface area contributed by atoms with Crippen LogP contribution in [0.4, 0.5) is 4.79 Å². The Morgan fingerprint density at radius 1 is 1.19 bits per heavy atom. The zero-order valence-electron chi connectivity index (χ0n) is 14.2. The summed E-state index contributed by atoms with van der Waals surface area (Å²) in [6.45, 7) is 1.29. The molecule has 7 heteroatoms. The maximum atomic E-state index is 12.2. The first-order valence-corrected chi connectivity index (χ1v) is 8.46. The number of nitrogens with one attached hydrogen (secondary N) is 1. The minimum atomic E-state index is -1.24. The van der Waals surface area contributed by atoms with Crippen LogP contribution in [0.3, 0.4) is 0 Å². The summed E-state index contributed by atoms with van der Waals surface area (Å²) in [5, 5.41) is 9.07. The average molecular weight is 356 g/mol. The number of ether oxygens (including phenoxy) is 1. The highest BCUT2D eigenvalue weighted by molar-refractivity contribution is 5.87. The number of carbonyl (C=O) groups is 2. The van der Waals surface area contributed by atoms with Gasteiger partial charge in [0.05, 0.1) is 0 Å². The summed E-state index contributed by atoms with van der Waals surface area (Å²) in [5.41, 5.74) is 0.847. The summed E-state index contributed by atoms with van der Waals surface area (Å²) in [6, 6.07) is 10.9. The Kier molecular flexibility index (Phi) is 5.36. The highest BCUT2D eigenvalue weighted by Crippen LogP contribution is 2.28. The Morgan fingerprint density at radius 3 is 2.54 bits per heavy atom. The van der Waals surface area contributed by atoms with Crippen LogP contribution in [-0.2, 0) is 11.3 Å². The molecule has 0 saturated carbocycles. The predicted molar refractivity (Wildman–Crippen MR) is 94.2 cm³/mol. The Balaban J connectivity index is 1.55. The summed E-state index contributed by atoms with van der Waals surface area (Å²) in [4.78, 5) is 38.9. The Morgan fingerprint density at radius 2 is 1.88 bits per heavy atom. The van der Waals surface area contributed by atoms with Gasteiger partial charge in [0.1, 0.15) is 12.2 Å². The van der Waals surface area contributed by atoms with Gasteiger partial charge in [0.2, 0.25) is 0 Å². The highest BCUT2D eigenvalue weighted by atomic mass is 16.6. The third kappa shape index (κ3) is 4.11. The Hall–Kier alpha value is -3.09. The molecular weight excluding hydrogens is 336 g/mol. The zero-order chi connectivity index (χ0) is 18.5. The first kappa shape index (κ1) is 17.7. The minimum absolute atomic E-state index is 0.100. The molecule has 2 heterocycles. The number of rotatable bonds is 4. The van der Waals surface area contributed by atoms with Gasteiger partial charge in [0.25, 0.3) is 5.56 Å². The van der Waals surface area contributed by atoms with Crippen LogP contribution < -0.4 is 5.56 Å². The summed E-state index contributed by atoms with van der Waals surface area (Å²) in [5.74, 6) is -1.14. The van der Waals surface area contributed by atoms with Crippen molar-refractivity contribution in [3.8, 4) is 0 Å². The van der Waals surface area contributed by atoms with Gasteiger partial charge in [-0.15, -0.1) is 0 Å². The lowest BCUT2D eigenvalue weighted by atomic mass is 9.90. The predicted octanol–water partition coefficient (Wildman–Crippen LogP) is 2.59. The van der Waals surface area contributed by atoms with E-state index >= 15 is 0 Å². The SMILES string of the molecule is O=C(O)c1cc(C2CCN(C(=O)OCc3ccccc3)CC2)c[nH]c1=O. The van der Waals surface area contributed by atoms with Gasteiger partial charge in [0.15, 0.2) is 0 Å². The lowest BCUT2D eigenvalue weighted by Gasteiger charge is -2.31. The zero-order valence-corrected chi connectivity index (χ0v) is 14.2. The van der Waals surface area contributed by atoms with Gasteiger partial charge in [-0.1, -0.05) is 30.3 Å². The van der Waals surface area contributed by atoms with E-state index < -0.39 is 11.5 Å². The number of nitrogens with zero attached hydrogens (tertiary/aromatic N) is 1. The van der Waals surface area contributed by atoms with Gasteiger partial charge in [-0.2, -0.15) is 0 Å². The molecular formula is C19H20N2O5. The van der Waals surface area contributed by atoms with Gasteiger partial charge in [-0.25, -0.2) is 9.59 Å². The topological polar surface area (TPSA) is 99.7 Å². The van der Waals surface area contributed by atoms with E-state index in [1.54, 1.807) is 11.1 Å². The third-order valence-corrected chi connectivity index (χ3v) is 4.59. The molecule has 2 aromatic rings. The standard InChI is InChI=1S/C19H20N2O5/c22-17-16(18(23)24)10-15(11-20-17)14-6-8-21(9-7-14)19(25)26-12-13-4-2-1-3-5-13/h1-5,10-11,14H,6-9,12H2,(H,20,22)(H,23,24). The van der Waals surface area contributed by atoms with Crippen LogP contribution >= 0.6 is 0 Å². The number of carboxylic acids is 1. The monoisotopic (exact) mass is 356 g/mol. The molecule has 136 valence electrons. The molecule has 1 saturated heterocycles. The lowest BCUT2D eigenvalue weighted by molar-refractivity contribution is 0.0694. The van der Waals surface area contributed by atoms with Gasteiger partial charge >= 0.3 is 12.1 Å². The number of aromatic amines is 1. The van der Waals surface area contributed by atoms with Crippen LogP contribution in [0.1, 0.15) is 40.2 Å². The van der Waals surface area contributed by atoms with Crippen LogP contribution in [0.5, 0.6) is 0 Å². The van der Waals surface area contributed by atoms with Crippen LogP contribution in [0.15, 0.2) is 47.4 Å². The Bertz CT molecular complexity index is 839. The molecule has 1 amide bonds. The number of amides is 1. The largest absolute Gasteiger partial charge is 0.477 e. The number of aromatic carboxylic acids is 1. The second kappa shape index (κ2) is 7.86. The van der Waals surface area contributed by atoms with Crippen molar-refractivity contribution in [2.24, 2.45) is 0 Å². The van der Waals surface area contributed by atoms with Crippen molar-refractivity contribution in [3.63, 3.8) is 0 Å². The fraction of sp³-hybridized carbons (Fsp3) is 0.316. The molecule has 2 N–H and O–H groups in total. The van der Waals surface area contributed by atoms with Gasteiger partial charge < -0.3 is 19.7 Å². The van der Waals surface area contributed by atoms with Crippen LogP contribution in [0.25, 0.3) is 0 Å². The number of hydrogen-bond donors (Lipinski definition) is 2. The molecule has 1 aromatic heterocycles. The van der Waals surface area contributed by atoms with E-state index in [2.05, 4.69) is 4.98 Å². The normalized spacial score (nSPS) is 14.8. The summed E-state index contributed by atoms with van der Waals surface area (Å²) < 4.78 is 5.34. The number of carboxylic acid groups (broad SMARTS) is 1. The summed E-state index contributed by atoms with van der Waals surface area (Å²) >= 11 is 0. The van der Waals surface area contributed by atoms with E-state index in [1.807, 2.05) is 30.3 Å². The lowest BCUT2D eigenvalue weighted by Crippen LogP contribution is -2.38. The van der Waals surface area contributed by atoms with Crippen molar-refractivity contribution in [2.45, 2.75) is 25.4 Å². The van der Waals surface area contributed by atoms with Crippen LogP contribution in [0, 0.1) is 0 Å². The maximum absolute atomic E-state index is 12.2. The highest BCUT2D eigenvalue weighted by Gasteiger charge is 2.25. The van der Waals surface area contributed by atoms with Crippen molar-refractivity contribution < 1.29 is 19.4 Å². The number of pyridine rings is 1. The summed E-state index contributed by atoms with van der Waals surface area (Å²) in [6.07, 6.45) is 2.58. The molecule has 26 heavy (non-hydrogen) atoms. The number of hydrogen-bond acceptors (Lipinski definition) is 4. The van der Waals surface area contributed by atoms with Gasteiger partial charge in [-0.3, -0.25) is 4.79 Å². The van der Waals surface area contributed by atoms with Gasteiger partial charge in [0, 0.05) is 19.3 Å². The first-order chi connectivity index (χ1) is 12.5. The molecule has 0 spiro atoms. The second-order valence-electron chi connectivity index (χ2n) is 6.28. The van der Waals surface area contributed by atoms with E-state index in [0.29, 0.717) is 25.9 Å². The third-order valence-electron chi connectivity index (χ3n) is 4.59. The number of piperidine rings is 1. The van der Waals surface area contributed by atoms with Crippen LogP contribution in [0.2, 0.25) is 0 Å². The molecule has 3 rings (SSSR count). The Labute approximate surface area is 150 Å². The van der Waals surface area contributed by atoms with E-state index in [-0.39, 0.29) is 24.2 Å². The molecule has 0 bridgehead atoms. The molecule has 0 atom stereocenters. The quantitative estimate of drug-likeness (QED) is 0.877. The molecule has 7 nitrogen and oxygen atoms in total. The van der Waals surface area contributed by atoms with E-state index in [4.69, 9.17) is 9.84 Å². The van der Waals surface area contributed by atoms with Crippen molar-refractivity contribution in [3.05, 3.63) is 69.6 Å². The number of likely N-dealkylation sites (tertiary alicyclic amines) is 1. The van der Waals surface area contributed by atoms with E-state index in [9.17, 15) is 14.4 Å². The maximum Gasteiger partial charge on any atom is 0.410 e. The molecule has 1 aliphatic rings. The molecule has 1 fully saturated rings. The van der Waals surface area contributed by atoms with Crippen molar-refractivity contribution in [1.82, 2.24) is 9.88 Å². The van der Waals surface area contributed by atoms with Crippen LogP contribution in [-0.4, -0.2) is 40.1 Å². The first-order valence-electron chi connectivity index (χ1n) is 8.46. The molecule has 0 unspecified atom stereocenters. The van der Waals surface area contributed by atoms with Crippen molar-refractivity contribution in [2.75, 3.05) is 13.1 Å². The number of carbonyl (C=O) groups excluding carboxylic acids is 1. The number of aromatic nitrogens is 1. The van der Waals surface area contributed by atoms with Crippen molar-refractivity contribution in [1.29, 1.82) is 0 Å². The molecule has 1 aliphatic heterocycles. The minimum Gasteiger partial charge on any atom is -0.477 e. The number of benzene rings is 1. The average Bonchev–Trinajstić information content (AvgIpc) is 2.67. The van der Waals surface area contributed by atoms with Gasteiger partial charge in [-0.05, 0) is 36.0 Å². The van der Waals surface area contributed by atoms with E-state index in [1.165, 1.54) is 6.07 Å². The van der Waals surface area contributed by atoms with Crippen molar-refractivity contribution >= 4 is 12.1 Å². The molecule has 0 radical (unpaired) electrons. The summed E-state index contributed by atoms with van der Waals surface area (Å²) in [7, 11) is 0. The fourth-order valence-electron chi connectivity index (χ4n) is 3.10. The second-order valence-corrected chi connectivity index (χ2v) is 6.28. The smallest absolute Gasteiger partial charge is 0.410 e. The van der Waals surface area contributed by atoms with E-state index in [0.717, 1.165) is 11.1 Å². The number of H-pyrrole nitrogens is 1. The molecule has 1 aromatic carbocycles. The molecule has 0 aliphatic carbocycles.